The Bertz CT molecular complexity index is 893. The Morgan fingerprint density at radius 2 is 1.84 bits per heavy atom. The molecule has 1 saturated heterocycles. The monoisotopic (exact) mass is 335 g/mol. The van der Waals surface area contributed by atoms with E-state index in [2.05, 4.69) is 34.3 Å². The van der Waals surface area contributed by atoms with Gasteiger partial charge in [0, 0.05) is 18.3 Å². The normalized spacial score (nSPS) is 15.5. The Balaban J connectivity index is 1.60. The molecule has 1 aliphatic heterocycles. The number of nitrogens with zero attached hydrogens (tertiary/aromatic N) is 3. The first-order valence-electron chi connectivity index (χ1n) is 8.73. The van der Waals surface area contributed by atoms with Crippen LogP contribution in [0, 0.1) is 0 Å². The standard InChI is InChI=1S/C20H21N3O2/c24-20(25)17-8-11-23-19(12-17)18(13-21-23)16-6-4-15(5-7-16)14-22-9-2-1-3-10-22/h4-8,11-13H,1-3,9-10,14H2,(H,24,25). The predicted molar refractivity (Wildman–Crippen MR) is 96.7 cm³/mol. The van der Waals surface area contributed by atoms with Gasteiger partial charge in [0.05, 0.1) is 17.3 Å². The van der Waals surface area contributed by atoms with Crippen LogP contribution in [-0.2, 0) is 6.54 Å². The maximum Gasteiger partial charge on any atom is 0.335 e. The molecule has 1 aliphatic rings. The van der Waals surface area contributed by atoms with Crippen molar-refractivity contribution in [2.24, 2.45) is 0 Å². The molecular formula is C20H21N3O2. The van der Waals surface area contributed by atoms with Crippen LogP contribution in [0.25, 0.3) is 16.6 Å². The lowest BCUT2D eigenvalue weighted by Gasteiger charge is -2.26. The Morgan fingerprint density at radius 1 is 1.08 bits per heavy atom. The first kappa shape index (κ1) is 15.8. The van der Waals surface area contributed by atoms with Crippen molar-refractivity contribution in [3.8, 4) is 11.1 Å². The van der Waals surface area contributed by atoms with Gasteiger partial charge in [-0.15, -0.1) is 0 Å². The van der Waals surface area contributed by atoms with Crippen molar-refractivity contribution in [2.75, 3.05) is 13.1 Å². The number of benzene rings is 1. The summed E-state index contributed by atoms with van der Waals surface area (Å²) in [6.45, 7) is 3.37. The van der Waals surface area contributed by atoms with Crippen molar-refractivity contribution in [3.63, 3.8) is 0 Å². The lowest BCUT2D eigenvalue weighted by Crippen LogP contribution is -2.28. The van der Waals surface area contributed by atoms with Gasteiger partial charge in [-0.3, -0.25) is 4.90 Å². The maximum atomic E-state index is 11.2. The van der Waals surface area contributed by atoms with Crippen LogP contribution in [0.15, 0.2) is 48.8 Å². The molecule has 4 rings (SSSR count). The molecule has 1 aromatic carbocycles. The molecule has 3 aromatic rings. The van der Waals surface area contributed by atoms with Crippen LogP contribution in [0.4, 0.5) is 0 Å². The van der Waals surface area contributed by atoms with E-state index < -0.39 is 5.97 Å². The van der Waals surface area contributed by atoms with Crippen LogP contribution < -0.4 is 0 Å². The summed E-state index contributed by atoms with van der Waals surface area (Å²) in [6, 6.07) is 11.8. The van der Waals surface area contributed by atoms with Gasteiger partial charge >= 0.3 is 5.97 Å². The number of rotatable bonds is 4. The molecule has 128 valence electrons. The van der Waals surface area contributed by atoms with E-state index in [1.54, 1.807) is 29.0 Å². The number of pyridine rings is 1. The van der Waals surface area contributed by atoms with Crippen molar-refractivity contribution >= 4 is 11.5 Å². The summed E-state index contributed by atoms with van der Waals surface area (Å²) in [5.41, 5.74) is 4.40. The zero-order chi connectivity index (χ0) is 17.2. The second kappa shape index (κ2) is 6.69. The highest BCUT2D eigenvalue weighted by atomic mass is 16.4. The number of piperidine rings is 1. The summed E-state index contributed by atoms with van der Waals surface area (Å²) in [5, 5.41) is 13.5. The van der Waals surface area contributed by atoms with E-state index in [4.69, 9.17) is 0 Å². The molecule has 0 spiro atoms. The van der Waals surface area contributed by atoms with E-state index >= 15 is 0 Å². The SMILES string of the molecule is O=C(O)c1ccn2ncc(-c3ccc(CN4CCCCC4)cc3)c2c1. The van der Waals surface area contributed by atoms with Crippen molar-refractivity contribution < 1.29 is 9.90 Å². The van der Waals surface area contributed by atoms with E-state index in [0.29, 0.717) is 0 Å². The third-order valence-electron chi connectivity index (χ3n) is 4.89. The Morgan fingerprint density at radius 3 is 2.56 bits per heavy atom. The third kappa shape index (κ3) is 3.28. The van der Waals surface area contributed by atoms with E-state index in [-0.39, 0.29) is 5.56 Å². The second-order valence-electron chi connectivity index (χ2n) is 6.64. The number of carboxylic acid groups (broad SMARTS) is 1. The lowest BCUT2D eigenvalue weighted by atomic mass is 10.0. The van der Waals surface area contributed by atoms with E-state index in [1.165, 1.54) is 37.9 Å². The Kier molecular flexibility index (Phi) is 4.24. The van der Waals surface area contributed by atoms with Gasteiger partial charge in [0.25, 0.3) is 0 Å². The summed E-state index contributed by atoms with van der Waals surface area (Å²) in [5.74, 6) is -0.925. The van der Waals surface area contributed by atoms with Crippen LogP contribution in [0.1, 0.15) is 35.2 Å². The largest absolute Gasteiger partial charge is 0.478 e. The summed E-state index contributed by atoms with van der Waals surface area (Å²) < 4.78 is 1.71. The van der Waals surface area contributed by atoms with Gasteiger partial charge in [-0.25, -0.2) is 9.31 Å². The smallest absolute Gasteiger partial charge is 0.335 e. The van der Waals surface area contributed by atoms with Crippen LogP contribution in [-0.4, -0.2) is 38.7 Å². The van der Waals surface area contributed by atoms with E-state index in [1.807, 2.05) is 0 Å². The molecule has 0 amide bonds. The van der Waals surface area contributed by atoms with Crippen molar-refractivity contribution in [1.29, 1.82) is 0 Å². The number of fused-ring (bicyclic) bond motifs is 1. The Hall–Kier alpha value is -2.66. The number of hydrogen-bond acceptors (Lipinski definition) is 3. The fourth-order valence-corrected chi connectivity index (χ4v) is 3.50. The molecule has 0 radical (unpaired) electrons. The van der Waals surface area contributed by atoms with Crippen LogP contribution >= 0.6 is 0 Å². The minimum absolute atomic E-state index is 0.274. The molecule has 2 aromatic heterocycles. The lowest BCUT2D eigenvalue weighted by molar-refractivity contribution is 0.0697. The summed E-state index contributed by atoms with van der Waals surface area (Å²) in [4.78, 5) is 13.7. The molecule has 5 nitrogen and oxygen atoms in total. The third-order valence-corrected chi connectivity index (χ3v) is 4.89. The molecule has 0 saturated carbocycles. The predicted octanol–water partition coefficient (Wildman–Crippen LogP) is 3.69. The summed E-state index contributed by atoms with van der Waals surface area (Å²) >= 11 is 0. The molecular weight excluding hydrogens is 314 g/mol. The number of aromatic nitrogens is 2. The first-order chi connectivity index (χ1) is 12.2. The van der Waals surface area contributed by atoms with Crippen molar-refractivity contribution in [3.05, 3.63) is 59.9 Å². The molecule has 3 heterocycles. The van der Waals surface area contributed by atoms with Crippen molar-refractivity contribution in [2.45, 2.75) is 25.8 Å². The van der Waals surface area contributed by atoms with Gasteiger partial charge in [0.15, 0.2) is 0 Å². The minimum Gasteiger partial charge on any atom is -0.478 e. The highest BCUT2D eigenvalue weighted by molar-refractivity contribution is 5.91. The van der Waals surface area contributed by atoms with Gasteiger partial charge in [-0.1, -0.05) is 30.7 Å². The molecule has 1 N–H and O–H groups in total. The number of aromatic carboxylic acids is 1. The van der Waals surface area contributed by atoms with Crippen molar-refractivity contribution in [1.82, 2.24) is 14.5 Å². The average Bonchev–Trinajstić information content (AvgIpc) is 3.06. The second-order valence-corrected chi connectivity index (χ2v) is 6.64. The molecule has 0 bridgehead atoms. The van der Waals surface area contributed by atoms with E-state index in [0.717, 1.165) is 23.2 Å². The maximum absolute atomic E-state index is 11.2. The van der Waals surface area contributed by atoms with Gasteiger partial charge in [0.1, 0.15) is 0 Å². The fourth-order valence-electron chi connectivity index (χ4n) is 3.50. The first-order valence-corrected chi connectivity index (χ1v) is 8.73. The Labute approximate surface area is 146 Å². The zero-order valence-corrected chi connectivity index (χ0v) is 14.1. The van der Waals surface area contributed by atoms with Crippen LogP contribution in [0.2, 0.25) is 0 Å². The van der Waals surface area contributed by atoms with Gasteiger partial charge in [-0.2, -0.15) is 5.10 Å². The number of carboxylic acids is 1. The average molecular weight is 335 g/mol. The van der Waals surface area contributed by atoms with Gasteiger partial charge in [-0.05, 0) is 49.2 Å². The van der Waals surface area contributed by atoms with E-state index in [9.17, 15) is 9.90 Å². The highest BCUT2D eigenvalue weighted by Gasteiger charge is 2.12. The number of carbonyl (C=O) groups is 1. The van der Waals surface area contributed by atoms with Crippen LogP contribution in [0.5, 0.6) is 0 Å². The molecule has 0 unspecified atom stereocenters. The molecule has 5 heteroatoms. The summed E-state index contributed by atoms with van der Waals surface area (Å²) in [6.07, 6.45) is 7.43. The fraction of sp³-hybridized carbons (Fsp3) is 0.300. The highest BCUT2D eigenvalue weighted by Crippen LogP contribution is 2.26. The molecule has 0 aliphatic carbocycles. The van der Waals surface area contributed by atoms with Crippen LogP contribution in [0.3, 0.4) is 0 Å². The zero-order valence-electron chi connectivity index (χ0n) is 14.1. The quantitative estimate of drug-likeness (QED) is 0.790. The molecule has 25 heavy (non-hydrogen) atoms. The minimum atomic E-state index is -0.925. The topological polar surface area (TPSA) is 57.8 Å². The molecule has 1 fully saturated rings. The number of hydrogen-bond donors (Lipinski definition) is 1. The molecule has 0 atom stereocenters. The van der Waals surface area contributed by atoms with Gasteiger partial charge in [0.2, 0.25) is 0 Å². The number of likely N-dealkylation sites (tertiary alicyclic amines) is 1. The summed E-state index contributed by atoms with van der Waals surface area (Å²) in [7, 11) is 0. The van der Waals surface area contributed by atoms with Gasteiger partial charge < -0.3 is 5.11 Å².